The number of nitrogens with zero attached hydrogens (tertiary/aromatic N) is 1. The average Bonchev–Trinajstić information content (AvgIpc) is 2.54. The van der Waals surface area contributed by atoms with Crippen LogP contribution in [0.4, 0.5) is 0 Å². The number of carbonyl (C=O) groups excluding carboxylic acids is 1. The number of ether oxygens (including phenoxy) is 1. The van der Waals surface area contributed by atoms with Gasteiger partial charge in [0.15, 0.2) is 6.61 Å². The van der Waals surface area contributed by atoms with E-state index in [1.807, 2.05) is 42.5 Å². The summed E-state index contributed by atoms with van der Waals surface area (Å²) in [4.78, 5) is 11.6. The molecule has 0 heterocycles. The molecule has 0 unspecified atom stereocenters. The highest BCUT2D eigenvalue weighted by molar-refractivity contribution is 5.82. The number of aryl methyl sites for hydroxylation is 1. The lowest BCUT2D eigenvalue weighted by atomic mass is 10.1. The van der Waals surface area contributed by atoms with Crippen molar-refractivity contribution in [2.45, 2.75) is 13.3 Å². The first-order chi connectivity index (χ1) is 10.3. The molecule has 0 spiro atoms. The number of rotatable bonds is 6. The maximum atomic E-state index is 11.6. The zero-order valence-corrected chi connectivity index (χ0v) is 12.0. The quantitative estimate of drug-likeness (QED) is 0.654. The van der Waals surface area contributed by atoms with E-state index in [-0.39, 0.29) is 12.5 Å². The minimum absolute atomic E-state index is 0.0594. The third-order valence-electron chi connectivity index (χ3n) is 2.90. The second-order valence-electron chi connectivity index (χ2n) is 4.49. The fraction of sp³-hybridized carbons (Fsp3) is 0.176. The summed E-state index contributed by atoms with van der Waals surface area (Å²) < 4.78 is 5.31. The van der Waals surface area contributed by atoms with Gasteiger partial charge in [-0.2, -0.15) is 5.10 Å². The zero-order valence-electron chi connectivity index (χ0n) is 12.0. The van der Waals surface area contributed by atoms with Gasteiger partial charge < -0.3 is 4.74 Å². The van der Waals surface area contributed by atoms with Gasteiger partial charge in [0, 0.05) is 0 Å². The highest BCUT2D eigenvalue weighted by Gasteiger charge is 2.00. The van der Waals surface area contributed by atoms with E-state index in [0.29, 0.717) is 5.75 Å². The molecule has 1 amide bonds. The van der Waals surface area contributed by atoms with Crippen molar-refractivity contribution in [1.29, 1.82) is 0 Å². The standard InChI is InChI=1S/C17H18N2O2/c1-2-14-8-10-15(11-9-14)12-18-19-17(20)13-21-16-6-4-3-5-7-16/h3-12H,2,13H2,1H3,(H,19,20). The molecule has 0 radical (unpaired) electrons. The summed E-state index contributed by atoms with van der Waals surface area (Å²) in [5, 5.41) is 3.90. The Kier molecular flexibility index (Phi) is 5.52. The molecule has 2 aromatic rings. The summed E-state index contributed by atoms with van der Waals surface area (Å²) in [6, 6.07) is 17.2. The van der Waals surface area contributed by atoms with Gasteiger partial charge in [0.25, 0.3) is 5.91 Å². The fourth-order valence-corrected chi connectivity index (χ4v) is 1.72. The van der Waals surface area contributed by atoms with E-state index in [1.165, 1.54) is 5.56 Å². The summed E-state index contributed by atoms with van der Waals surface area (Å²) in [6.45, 7) is 2.05. The first-order valence-corrected chi connectivity index (χ1v) is 6.86. The predicted molar refractivity (Wildman–Crippen MR) is 83.5 cm³/mol. The van der Waals surface area contributed by atoms with Gasteiger partial charge in [-0.3, -0.25) is 4.79 Å². The smallest absolute Gasteiger partial charge is 0.277 e. The molecule has 108 valence electrons. The highest BCUT2D eigenvalue weighted by atomic mass is 16.5. The van der Waals surface area contributed by atoms with Crippen LogP contribution in [0.25, 0.3) is 0 Å². The molecule has 4 heteroatoms. The van der Waals surface area contributed by atoms with Crippen molar-refractivity contribution >= 4 is 12.1 Å². The Balaban J connectivity index is 1.76. The van der Waals surface area contributed by atoms with E-state index < -0.39 is 0 Å². The summed E-state index contributed by atoms with van der Waals surface area (Å²) in [5.74, 6) is 0.368. The van der Waals surface area contributed by atoms with Crippen molar-refractivity contribution in [2.75, 3.05) is 6.61 Å². The molecule has 4 nitrogen and oxygen atoms in total. The predicted octanol–water partition coefficient (Wildman–Crippen LogP) is 2.78. The van der Waals surface area contributed by atoms with Gasteiger partial charge >= 0.3 is 0 Å². The van der Waals surface area contributed by atoms with Crippen molar-refractivity contribution in [2.24, 2.45) is 5.10 Å². The van der Waals surface area contributed by atoms with Crippen LogP contribution in [0.2, 0.25) is 0 Å². The van der Waals surface area contributed by atoms with Crippen LogP contribution in [0, 0.1) is 0 Å². The van der Waals surface area contributed by atoms with E-state index in [9.17, 15) is 4.79 Å². The van der Waals surface area contributed by atoms with E-state index in [1.54, 1.807) is 18.3 Å². The van der Waals surface area contributed by atoms with Crippen LogP contribution in [0.1, 0.15) is 18.1 Å². The topological polar surface area (TPSA) is 50.7 Å². The lowest BCUT2D eigenvalue weighted by Crippen LogP contribution is -2.24. The number of para-hydroxylation sites is 1. The Morgan fingerprint density at radius 3 is 2.52 bits per heavy atom. The van der Waals surface area contributed by atoms with Crippen LogP contribution in [0.15, 0.2) is 59.7 Å². The molecule has 2 aromatic carbocycles. The molecule has 0 aromatic heterocycles. The van der Waals surface area contributed by atoms with E-state index >= 15 is 0 Å². The van der Waals surface area contributed by atoms with Crippen molar-refractivity contribution in [1.82, 2.24) is 5.43 Å². The molecule has 0 aliphatic heterocycles. The Labute approximate surface area is 124 Å². The summed E-state index contributed by atoms with van der Waals surface area (Å²) >= 11 is 0. The third kappa shape index (κ3) is 5.10. The first-order valence-electron chi connectivity index (χ1n) is 6.86. The molecular formula is C17H18N2O2. The maximum Gasteiger partial charge on any atom is 0.277 e. The molecule has 0 bridgehead atoms. The van der Waals surface area contributed by atoms with Crippen LogP contribution < -0.4 is 10.2 Å². The molecule has 2 rings (SSSR count). The molecule has 21 heavy (non-hydrogen) atoms. The molecule has 0 saturated carbocycles. The van der Waals surface area contributed by atoms with Crippen LogP contribution in [0.3, 0.4) is 0 Å². The Hall–Kier alpha value is -2.62. The van der Waals surface area contributed by atoms with Gasteiger partial charge in [0.05, 0.1) is 6.21 Å². The number of hydrogen-bond acceptors (Lipinski definition) is 3. The normalized spacial score (nSPS) is 10.5. The van der Waals surface area contributed by atoms with Crippen molar-refractivity contribution in [3.05, 3.63) is 65.7 Å². The van der Waals surface area contributed by atoms with Crippen LogP contribution in [0.5, 0.6) is 5.75 Å². The van der Waals surface area contributed by atoms with Gasteiger partial charge in [-0.05, 0) is 29.7 Å². The van der Waals surface area contributed by atoms with Crippen LogP contribution in [-0.4, -0.2) is 18.7 Å². The number of amides is 1. The largest absolute Gasteiger partial charge is 0.484 e. The molecule has 0 aliphatic carbocycles. The van der Waals surface area contributed by atoms with Crippen molar-refractivity contribution < 1.29 is 9.53 Å². The Morgan fingerprint density at radius 1 is 1.14 bits per heavy atom. The second kappa shape index (κ2) is 7.85. The lowest BCUT2D eigenvalue weighted by Gasteiger charge is -2.04. The van der Waals surface area contributed by atoms with E-state index in [2.05, 4.69) is 17.5 Å². The average molecular weight is 282 g/mol. The van der Waals surface area contributed by atoms with E-state index in [4.69, 9.17) is 4.74 Å². The van der Waals surface area contributed by atoms with Crippen molar-refractivity contribution in [3.63, 3.8) is 0 Å². The summed E-state index contributed by atoms with van der Waals surface area (Å²) in [7, 11) is 0. The molecule has 0 saturated heterocycles. The SMILES string of the molecule is CCc1ccc(C=NNC(=O)COc2ccccc2)cc1. The summed E-state index contributed by atoms with van der Waals surface area (Å²) in [6.07, 6.45) is 2.62. The monoisotopic (exact) mass is 282 g/mol. The van der Waals surface area contributed by atoms with E-state index in [0.717, 1.165) is 12.0 Å². The van der Waals surface area contributed by atoms with Crippen molar-refractivity contribution in [3.8, 4) is 5.75 Å². The number of hydrazone groups is 1. The minimum Gasteiger partial charge on any atom is -0.484 e. The van der Waals surface area contributed by atoms with Crippen LogP contribution >= 0.6 is 0 Å². The number of benzene rings is 2. The van der Waals surface area contributed by atoms with Gasteiger partial charge in [-0.15, -0.1) is 0 Å². The number of nitrogens with one attached hydrogen (secondary N) is 1. The second-order valence-corrected chi connectivity index (χ2v) is 4.49. The lowest BCUT2D eigenvalue weighted by molar-refractivity contribution is -0.123. The summed E-state index contributed by atoms with van der Waals surface area (Å²) in [5.41, 5.74) is 4.65. The highest BCUT2D eigenvalue weighted by Crippen LogP contribution is 2.07. The molecule has 0 atom stereocenters. The minimum atomic E-state index is -0.291. The third-order valence-corrected chi connectivity index (χ3v) is 2.90. The molecular weight excluding hydrogens is 264 g/mol. The molecule has 0 fully saturated rings. The van der Waals surface area contributed by atoms with Gasteiger partial charge in [-0.25, -0.2) is 5.43 Å². The Bertz CT molecular complexity index is 592. The zero-order chi connectivity index (χ0) is 14.9. The molecule has 0 aliphatic rings. The first kappa shape index (κ1) is 14.8. The molecule has 1 N–H and O–H groups in total. The maximum absolute atomic E-state index is 11.6. The number of hydrogen-bond donors (Lipinski definition) is 1. The fourth-order valence-electron chi connectivity index (χ4n) is 1.72. The van der Waals surface area contributed by atoms with Gasteiger partial charge in [-0.1, -0.05) is 49.4 Å². The Morgan fingerprint density at radius 2 is 1.86 bits per heavy atom. The van der Waals surface area contributed by atoms with Gasteiger partial charge in [0.1, 0.15) is 5.75 Å². The van der Waals surface area contributed by atoms with Gasteiger partial charge in [0.2, 0.25) is 0 Å². The van der Waals surface area contributed by atoms with Crippen LogP contribution in [-0.2, 0) is 11.2 Å². The number of carbonyl (C=O) groups is 1.